The molecule has 6 heteroatoms. The number of fused-ring (bicyclic) bond motifs is 14. The third-order valence-corrected chi connectivity index (χ3v) is 12.9. The van der Waals surface area contributed by atoms with Crippen molar-refractivity contribution in [3.63, 3.8) is 0 Å². The van der Waals surface area contributed by atoms with Crippen LogP contribution in [0.2, 0.25) is 0 Å². The molecule has 0 radical (unpaired) electrons. The van der Waals surface area contributed by atoms with Crippen molar-refractivity contribution >= 4 is 87.5 Å². The Hall–Kier alpha value is -8.84. The molecule has 0 atom stereocenters. The second-order valence-electron chi connectivity index (χ2n) is 16.2. The minimum atomic E-state index is 0.428. The monoisotopic (exact) mass is 804 g/mol. The minimum absolute atomic E-state index is 0.428. The molecule has 0 saturated heterocycles. The summed E-state index contributed by atoms with van der Waals surface area (Å²) in [5.41, 5.74) is 12.7. The Morgan fingerprint density at radius 1 is 0.413 bits per heavy atom. The third-order valence-electron chi connectivity index (χ3n) is 12.9. The molecule has 0 N–H and O–H groups in total. The molecule has 0 amide bonds. The van der Waals surface area contributed by atoms with E-state index in [1.54, 1.807) is 0 Å². The van der Waals surface area contributed by atoms with Crippen molar-refractivity contribution in [1.82, 2.24) is 9.13 Å². The predicted octanol–water partition coefficient (Wildman–Crippen LogP) is 15.1. The fraction of sp³-hybridized carbons (Fsp3) is 0.0175. The maximum absolute atomic E-state index is 12.0. The summed E-state index contributed by atoms with van der Waals surface area (Å²) in [6, 6.07) is 65.1. The zero-order valence-electron chi connectivity index (χ0n) is 33.8. The van der Waals surface area contributed by atoms with E-state index >= 15 is 0 Å². The van der Waals surface area contributed by atoms with Crippen molar-refractivity contribution in [3.8, 4) is 45.8 Å². The van der Waals surface area contributed by atoms with Crippen LogP contribution in [0.15, 0.2) is 185 Å². The Morgan fingerprint density at radius 3 is 1.56 bits per heavy atom. The van der Waals surface area contributed by atoms with Crippen LogP contribution < -0.4 is 0 Å². The zero-order chi connectivity index (χ0) is 41.9. The molecule has 63 heavy (non-hydrogen) atoms. The van der Waals surface area contributed by atoms with Crippen molar-refractivity contribution < 1.29 is 8.83 Å². The van der Waals surface area contributed by atoms with Crippen molar-refractivity contribution in [1.29, 1.82) is 10.5 Å². The molecular weight excluding hydrogens is 773 g/mol. The number of hydrogen-bond donors (Lipinski definition) is 0. The first-order valence-electron chi connectivity index (χ1n) is 21.0. The Bertz CT molecular complexity index is 4170. The van der Waals surface area contributed by atoms with Crippen molar-refractivity contribution in [2.24, 2.45) is 0 Å². The summed E-state index contributed by atoms with van der Waals surface area (Å²) in [4.78, 5) is 0. The number of nitriles is 2. The number of nitrogens with zero attached hydrogens (tertiary/aromatic N) is 4. The van der Waals surface area contributed by atoms with Gasteiger partial charge in [0, 0.05) is 48.8 Å². The average molecular weight is 805 g/mol. The summed E-state index contributed by atoms with van der Waals surface area (Å²) in [5.74, 6) is 0. The highest BCUT2D eigenvalue weighted by molar-refractivity contribution is 6.25. The van der Waals surface area contributed by atoms with Crippen LogP contribution in [0.1, 0.15) is 16.7 Å². The highest BCUT2D eigenvalue weighted by Gasteiger charge is 2.33. The summed E-state index contributed by atoms with van der Waals surface area (Å²) in [6.45, 7) is 2.10. The van der Waals surface area contributed by atoms with E-state index in [0.717, 1.165) is 98.6 Å². The second-order valence-corrected chi connectivity index (χ2v) is 16.2. The van der Waals surface area contributed by atoms with E-state index < -0.39 is 0 Å². The van der Waals surface area contributed by atoms with E-state index in [9.17, 15) is 10.5 Å². The van der Waals surface area contributed by atoms with E-state index in [-0.39, 0.29) is 0 Å². The minimum Gasteiger partial charge on any atom is -0.455 e. The molecule has 9 aromatic carbocycles. The van der Waals surface area contributed by atoms with E-state index in [2.05, 4.69) is 94.9 Å². The van der Waals surface area contributed by atoms with Gasteiger partial charge in [-0.1, -0.05) is 133 Å². The van der Waals surface area contributed by atoms with Crippen LogP contribution in [0.4, 0.5) is 0 Å². The van der Waals surface area contributed by atoms with Gasteiger partial charge >= 0.3 is 0 Å². The summed E-state index contributed by atoms with van der Waals surface area (Å²) >= 11 is 0. The average Bonchev–Trinajstić information content (AvgIpc) is 4.08. The van der Waals surface area contributed by atoms with E-state index in [4.69, 9.17) is 8.83 Å². The first-order valence-corrected chi connectivity index (χ1v) is 21.0. The van der Waals surface area contributed by atoms with Gasteiger partial charge in [0.15, 0.2) is 5.58 Å². The zero-order valence-corrected chi connectivity index (χ0v) is 33.8. The normalized spacial score (nSPS) is 11.9. The van der Waals surface area contributed by atoms with Gasteiger partial charge in [0.05, 0.1) is 50.0 Å². The highest BCUT2D eigenvalue weighted by Crippen LogP contribution is 2.50. The molecule has 4 aromatic heterocycles. The lowest BCUT2D eigenvalue weighted by atomic mass is 9.86. The van der Waals surface area contributed by atoms with Gasteiger partial charge in [-0.05, 0) is 66.6 Å². The molecule has 0 spiro atoms. The Morgan fingerprint density at radius 2 is 0.905 bits per heavy atom. The van der Waals surface area contributed by atoms with E-state index in [1.165, 1.54) is 0 Å². The molecule has 6 nitrogen and oxygen atoms in total. The Balaban J connectivity index is 1.29. The van der Waals surface area contributed by atoms with Gasteiger partial charge < -0.3 is 18.0 Å². The van der Waals surface area contributed by atoms with Crippen molar-refractivity contribution in [2.75, 3.05) is 0 Å². The number of hydrogen-bond acceptors (Lipinski definition) is 4. The summed E-state index contributed by atoms with van der Waals surface area (Å²) < 4.78 is 17.9. The first-order chi connectivity index (χ1) is 31.1. The van der Waals surface area contributed by atoms with Crippen molar-refractivity contribution in [3.05, 3.63) is 193 Å². The second kappa shape index (κ2) is 13.1. The van der Waals surface area contributed by atoms with E-state index in [0.29, 0.717) is 39.2 Å². The SMILES string of the molecule is Cc1ccc2c(c1)c1c3oc4ccccc4c3ccc1n2-c1c(C#N)c(-c2ccccc2)c(-n2c3ccccc3c3ccc4c5ccccc5oc4c32)c(C#N)c1-c1ccccc1. The number of aromatic nitrogens is 2. The van der Waals surface area contributed by atoms with Gasteiger partial charge in [0.1, 0.15) is 28.9 Å². The molecule has 0 aliphatic rings. The van der Waals surface area contributed by atoms with Gasteiger partial charge in [-0.3, -0.25) is 0 Å². The first kappa shape index (κ1) is 35.0. The molecule has 4 heterocycles. The van der Waals surface area contributed by atoms with Crippen LogP contribution in [0.5, 0.6) is 0 Å². The third kappa shape index (κ3) is 4.75. The topological polar surface area (TPSA) is 83.7 Å². The molecule has 0 aliphatic carbocycles. The quantitative estimate of drug-likeness (QED) is 0.177. The lowest BCUT2D eigenvalue weighted by Gasteiger charge is -2.25. The van der Waals surface area contributed by atoms with Gasteiger partial charge in [-0.25, -0.2) is 0 Å². The number of aryl methyl sites for hydroxylation is 1. The molecular formula is C57H32N4O2. The molecule has 0 saturated carbocycles. The van der Waals surface area contributed by atoms with Gasteiger partial charge in [0.2, 0.25) is 0 Å². The molecule has 0 unspecified atom stereocenters. The maximum Gasteiger partial charge on any atom is 0.160 e. The number of furan rings is 2. The highest BCUT2D eigenvalue weighted by atomic mass is 16.3. The molecule has 292 valence electrons. The number of rotatable bonds is 4. The van der Waals surface area contributed by atoms with Crippen LogP contribution in [0.3, 0.4) is 0 Å². The van der Waals surface area contributed by atoms with Gasteiger partial charge in [-0.15, -0.1) is 0 Å². The van der Waals surface area contributed by atoms with Crippen LogP contribution in [-0.2, 0) is 0 Å². The fourth-order valence-electron chi connectivity index (χ4n) is 10.3. The Labute approximate surface area is 359 Å². The largest absolute Gasteiger partial charge is 0.455 e. The molecule has 0 bridgehead atoms. The number of benzene rings is 9. The standard InChI is InChI=1S/C57H32N4O2/c1-33-24-28-46-42(30-33)52-47(29-27-40-37-19-9-12-22-48(37)62-56(40)52)60(46)53-43(31-58)51(35-16-6-3-7-17-35)54(44(32-59)50(53)34-14-4-2-5-15-34)61-45-21-11-8-18-36(45)39-25-26-41-38-20-10-13-23-49(38)63-57(41)55(39)61/h2-30H,1H3. The fourth-order valence-corrected chi connectivity index (χ4v) is 10.3. The van der Waals surface area contributed by atoms with Crippen LogP contribution >= 0.6 is 0 Å². The lowest BCUT2D eigenvalue weighted by Crippen LogP contribution is -2.11. The van der Waals surface area contributed by atoms with Crippen LogP contribution in [-0.4, -0.2) is 9.13 Å². The van der Waals surface area contributed by atoms with Crippen LogP contribution in [0, 0.1) is 29.6 Å². The summed E-state index contributed by atoms with van der Waals surface area (Å²) in [7, 11) is 0. The lowest BCUT2D eigenvalue weighted by molar-refractivity contribution is 0.671. The number of para-hydroxylation sites is 3. The predicted molar refractivity (Wildman–Crippen MR) is 255 cm³/mol. The van der Waals surface area contributed by atoms with E-state index in [1.807, 2.05) is 109 Å². The molecule has 13 rings (SSSR count). The Kier molecular flexibility index (Phi) is 7.26. The van der Waals surface area contributed by atoms with Gasteiger partial charge in [0.25, 0.3) is 0 Å². The maximum atomic E-state index is 12.0. The molecule has 0 aliphatic heterocycles. The molecule has 0 fully saturated rings. The molecule has 13 aromatic rings. The van der Waals surface area contributed by atoms with Gasteiger partial charge in [-0.2, -0.15) is 10.5 Å². The van der Waals surface area contributed by atoms with Crippen molar-refractivity contribution in [2.45, 2.75) is 6.92 Å². The van der Waals surface area contributed by atoms with Crippen LogP contribution in [0.25, 0.3) is 121 Å². The summed E-state index contributed by atoms with van der Waals surface area (Å²) in [6.07, 6.45) is 0. The smallest absolute Gasteiger partial charge is 0.160 e. The summed E-state index contributed by atoms with van der Waals surface area (Å²) in [5, 5.41) is 31.9.